The van der Waals surface area contributed by atoms with Crippen LogP contribution in [0.2, 0.25) is 0 Å². The van der Waals surface area contributed by atoms with Gasteiger partial charge in [-0.3, -0.25) is 0 Å². The normalized spacial score (nSPS) is 14.0. The Morgan fingerprint density at radius 3 is 1.19 bits per heavy atom. The van der Waals surface area contributed by atoms with Gasteiger partial charge < -0.3 is 9.80 Å². The van der Waals surface area contributed by atoms with Gasteiger partial charge in [0, 0.05) is 45.0 Å². The third-order valence-electron chi connectivity index (χ3n) is 14.5. The van der Waals surface area contributed by atoms with Crippen molar-refractivity contribution >= 4 is 57.2 Å². The molecule has 0 amide bonds. The Labute approximate surface area is 385 Å². The average molecular weight is 839 g/mol. The summed E-state index contributed by atoms with van der Waals surface area (Å²) in [4.78, 5) is 5.18. The first-order valence-electron chi connectivity index (χ1n) is 23.5. The van der Waals surface area contributed by atoms with E-state index in [-0.39, 0.29) is 33.8 Å². The van der Waals surface area contributed by atoms with E-state index in [0.717, 1.165) is 0 Å². The lowest BCUT2D eigenvalue weighted by molar-refractivity contribution is 0.568. The van der Waals surface area contributed by atoms with Gasteiger partial charge in [-0.25, -0.2) is 0 Å². The Morgan fingerprint density at radius 1 is 0.328 bits per heavy atom. The molecule has 0 atom stereocenters. The third kappa shape index (κ3) is 7.39. The van der Waals surface area contributed by atoms with Crippen LogP contribution in [0.1, 0.15) is 135 Å². The van der Waals surface area contributed by atoms with Crippen LogP contribution in [0.3, 0.4) is 0 Å². The maximum Gasteiger partial charge on any atom is 0.252 e. The number of anilines is 6. The van der Waals surface area contributed by atoms with E-state index in [4.69, 9.17) is 0 Å². The Kier molecular flexibility index (Phi) is 10.3. The Hall–Kier alpha value is -5.80. The van der Waals surface area contributed by atoms with Crippen molar-refractivity contribution in [2.45, 2.75) is 124 Å². The predicted molar refractivity (Wildman–Crippen MR) is 278 cm³/mol. The number of hydrogen-bond donors (Lipinski definition) is 0. The largest absolute Gasteiger partial charge is 0.311 e. The molecule has 0 spiro atoms. The molecule has 0 saturated carbocycles. The van der Waals surface area contributed by atoms with Crippen LogP contribution in [-0.2, 0) is 27.1 Å². The molecule has 324 valence electrons. The first kappa shape index (κ1) is 43.5. The highest BCUT2D eigenvalue weighted by atomic mass is 15.2. The van der Waals surface area contributed by atoms with Crippen molar-refractivity contribution in [1.82, 2.24) is 0 Å². The van der Waals surface area contributed by atoms with E-state index < -0.39 is 0 Å². The fraction of sp³-hybridized carbons (Fsp3) is 0.311. The number of benzene rings is 7. The molecule has 7 aromatic carbocycles. The molecule has 7 aromatic rings. The summed E-state index contributed by atoms with van der Waals surface area (Å²) in [6, 6.07) is 58.4. The van der Waals surface area contributed by atoms with Gasteiger partial charge in [0.05, 0.1) is 0 Å². The van der Waals surface area contributed by atoms with Crippen molar-refractivity contribution < 1.29 is 0 Å². The molecule has 2 aliphatic heterocycles. The fourth-order valence-electron chi connectivity index (χ4n) is 10.2. The van der Waals surface area contributed by atoms with Gasteiger partial charge in [0.1, 0.15) is 0 Å². The summed E-state index contributed by atoms with van der Waals surface area (Å²) in [5, 5.41) is 0. The molecule has 0 radical (unpaired) electrons. The number of rotatable bonds is 6. The summed E-state index contributed by atoms with van der Waals surface area (Å²) in [6.07, 6.45) is 0. The number of fused-ring (bicyclic) bond motifs is 4. The van der Waals surface area contributed by atoms with Gasteiger partial charge in [0.2, 0.25) is 0 Å². The molecule has 0 saturated heterocycles. The zero-order valence-electron chi connectivity index (χ0n) is 40.9. The third-order valence-corrected chi connectivity index (χ3v) is 14.5. The molecule has 0 bridgehead atoms. The first-order chi connectivity index (χ1) is 30.0. The van der Waals surface area contributed by atoms with E-state index in [2.05, 4.69) is 258 Å². The van der Waals surface area contributed by atoms with Crippen molar-refractivity contribution in [3.8, 4) is 0 Å². The van der Waals surface area contributed by atoms with Gasteiger partial charge >= 0.3 is 0 Å². The van der Waals surface area contributed by atoms with Crippen molar-refractivity contribution in [2.75, 3.05) is 9.80 Å². The second-order valence-electron chi connectivity index (χ2n) is 22.9. The van der Waals surface area contributed by atoms with Crippen LogP contribution in [0.25, 0.3) is 0 Å². The molecule has 3 heteroatoms. The van der Waals surface area contributed by atoms with E-state index in [9.17, 15) is 0 Å². The fourth-order valence-corrected chi connectivity index (χ4v) is 10.2. The maximum atomic E-state index is 2.61. The van der Waals surface area contributed by atoms with Crippen LogP contribution in [0.4, 0.5) is 34.1 Å². The SMILES string of the molecule is Cc1cc2c3c(c1)N(c1ccc(C(C)(C)c4ccccc4)cc1)c1ccc(C(C)(C)c4ccccc4)cc1B3c1cc(C(C)(C)C)ccc1N2c1cc(C(C)(C)C)cc(C(C)(C)C)c1. The summed E-state index contributed by atoms with van der Waals surface area (Å²) in [6.45, 7) is 32.8. The molecule has 2 heterocycles. The van der Waals surface area contributed by atoms with E-state index in [1.807, 2.05) is 0 Å². The standard InChI is InChI=1S/C61H67BN2/c1-40-33-54-56-55(34-40)64(49-36-46(58(5,6)7)35-47(37-49)59(8,9)10)53-31-27-44(57(2,3)4)38-50(53)62(56)51-39-45(61(13,14)42-23-19-16-20-24-42)28-32-52(51)63(54)48-29-25-43(26-30-48)60(11,12)41-21-17-15-18-22-41/h15-39H,1-14H3. The smallest absolute Gasteiger partial charge is 0.252 e. The summed E-state index contributed by atoms with van der Waals surface area (Å²) in [7, 11) is 0. The highest BCUT2D eigenvalue weighted by Gasteiger charge is 2.45. The predicted octanol–water partition coefficient (Wildman–Crippen LogP) is 14.6. The lowest BCUT2D eigenvalue weighted by Crippen LogP contribution is -2.61. The van der Waals surface area contributed by atoms with Crippen LogP contribution < -0.4 is 26.2 Å². The van der Waals surface area contributed by atoms with Crippen LogP contribution >= 0.6 is 0 Å². The first-order valence-corrected chi connectivity index (χ1v) is 23.5. The van der Waals surface area contributed by atoms with Crippen molar-refractivity contribution in [2.24, 2.45) is 0 Å². The minimum atomic E-state index is -0.213. The highest BCUT2D eigenvalue weighted by Crippen LogP contribution is 2.48. The van der Waals surface area contributed by atoms with E-state index in [1.165, 1.54) is 95.0 Å². The topological polar surface area (TPSA) is 6.48 Å². The number of aryl methyl sites for hydroxylation is 1. The molecular formula is C61H67BN2. The minimum absolute atomic E-state index is 0.0149. The van der Waals surface area contributed by atoms with Crippen LogP contribution in [0, 0.1) is 6.92 Å². The van der Waals surface area contributed by atoms with E-state index in [1.54, 1.807) is 0 Å². The van der Waals surface area contributed by atoms with Gasteiger partial charge in [-0.05, 0) is 133 Å². The quantitative estimate of drug-likeness (QED) is 0.154. The second-order valence-corrected chi connectivity index (χ2v) is 22.9. The zero-order valence-corrected chi connectivity index (χ0v) is 40.9. The summed E-state index contributed by atoms with van der Waals surface area (Å²) >= 11 is 0. The summed E-state index contributed by atoms with van der Waals surface area (Å²) in [5.74, 6) is 0. The highest BCUT2D eigenvalue weighted by molar-refractivity contribution is 7.00. The van der Waals surface area contributed by atoms with Crippen molar-refractivity contribution in [3.63, 3.8) is 0 Å². The lowest BCUT2D eigenvalue weighted by atomic mass is 9.33. The lowest BCUT2D eigenvalue weighted by Gasteiger charge is -2.45. The minimum Gasteiger partial charge on any atom is -0.311 e. The molecule has 2 nitrogen and oxygen atoms in total. The number of hydrogen-bond acceptors (Lipinski definition) is 2. The Balaban J connectivity index is 1.35. The molecule has 0 fully saturated rings. The number of nitrogens with zero attached hydrogens (tertiary/aromatic N) is 2. The van der Waals surface area contributed by atoms with Gasteiger partial charge in [-0.15, -0.1) is 0 Å². The van der Waals surface area contributed by atoms with E-state index in [0.29, 0.717) is 0 Å². The summed E-state index contributed by atoms with van der Waals surface area (Å²) < 4.78 is 0. The molecule has 0 aliphatic carbocycles. The monoisotopic (exact) mass is 839 g/mol. The molecule has 0 aromatic heterocycles. The second kappa shape index (κ2) is 15.2. The van der Waals surface area contributed by atoms with Gasteiger partial charge in [0.25, 0.3) is 6.71 Å². The van der Waals surface area contributed by atoms with Crippen LogP contribution in [0.15, 0.2) is 152 Å². The van der Waals surface area contributed by atoms with Crippen molar-refractivity contribution in [3.05, 3.63) is 196 Å². The van der Waals surface area contributed by atoms with Crippen LogP contribution in [0.5, 0.6) is 0 Å². The maximum absolute atomic E-state index is 2.61. The van der Waals surface area contributed by atoms with Gasteiger partial charge in [0.15, 0.2) is 0 Å². The molecule has 0 unspecified atom stereocenters. The molecule has 9 rings (SSSR count). The molecular weight excluding hydrogens is 771 g/mol. The van der Waals surface area contributed by atoms with E-state index >= 15 is 0 Å². The van der Waals surface area contributed by atoms with Crippen molar-refractivity contribution in [1.29, 1.82) is 0 Å². The summed E-state index contributed by atoms with van der Waals surface area (Å²) in [5.41, 5.74) is 21.5. The molecule has 64 heavy (non-hydrogen) atoms. The Bertz CT molecular complexity index is 2850. The van der Waals surface area contributed by atoms with Gasteiger partial charge in [-0.2, -0.15) is 0 Å². The molecule has 0 N–H and O–H groups in total. The van der Waals surface area contributed by atoms with Gasteiger partial charge in [-0.1, -0.05) is 193 Å². The average Bonchev–Trinajstić information content (AvgIpc) is 3.25. The zero-order chi connectivity index (χ0) is 45.7. The Morgan fingerprint density at radius 2 is 0.719 bits per heavy atom. The molecule has 2 aliphatic rings. The van der Waals surface area contributed by atoms with Crippen LogP contribution in [-0.4, -0.2) is 6.71 Å².